The van der Waals surface area contributed by atoms with E-state index >= 15 is 0 Å². The lowest BCUT2D eigenvalue weighted by Crippen LogP contribution is -2.45. The van der Waals surface area contributed by atoms with Gasteiger partial charge < -0.3 is 5.73 Å². The lowest BCUT2D eigenvalue weighted by molar-refractivity contribution is 0.164. The van der Waals surface area contributed by atoms with Crippen LogP contribution in [0, 0.1) is 0 Å². The van der Waals surface area contributed by atoms with Gasteiger partial charge in [0, 0.05) is 37.1 Å². The Morgan fingerprint density at radius 1 is 1.12 bits per heavy atom. The second-order valence-electron chi connectivity index (χ2n) is 5.20. The summed E-state index contributed by atoms with van der Waals surface area (Å²) in [6, 6.07) is 5.34. The third-order valence-corrected chi connectivity index (χ3v) is 3.02. The van der Waals surface area contributed by atoms with E-state index in [1.165, 1.54) is 5.56 Å². The molecule has 0 aromatic carbocycles. The minimum atomic E-state index is 0.183. The van der Waals surface area contributed by atoms with E-state index in [4.69, 9.17) is 5.73 Å². The molecule has 0 spiro atoms. The maximum atomic E-state index is 6.22. The summed E-state index contributed by atoms with van der Waals surface area (Å²) in [6.07, 6.45) is 4.56. The highest BCUT2D eigenvalue weighted by molar-refractivity contribution is 5.11. The molecule has 0 bridgehead atoms. The molecule has 1 unspecified atom stereocenters. The van der Waals surface area contributed by atoms with Gasteiger partial charge in [0.1, 0.15) is 0 Å². The van der Waals surface area contributed by atoms with Crippen LogP contribution in [0.15, 0.2) is 24.5 Å². The minimum Gasteiger partial charge on any atom is -0.326 e. The Hall–Kier alpha value is -0.930. The van der Waals surface area contributed by atoms with Gasteiger partial charge in [0.25, 0.3) is 0 Å². The topological polar surface area (TPSA) is 42.1 Å². The van der Waals surface area contributed by atoms with Crippen molar-refractivity contribution in [1.82, 2.24) is 9.88 Å². The monoisotopic (exact) mass is 235 g/mol. The van der Waals surface area contributed by atoms with Crippen molar-refractivity contribution < 1.29 is 0 Å². The van der Waals surface area contributed by atoms with Crippen molar-refractivity contribution in [1.29, 1.82) is 0 Å². The fraction of sp³-hybridized carbons (Fsp3) is 0.643. The summed E-state index contributed by atoms with van der Waals surface area (Å²) in [6.45, 7) is 9.83. The average molecular weight is 235 g/mol. The van der Waals surface area contributed by atoms with Gasteiger partial charge in [0.05, 0.1) is 0 Å². The van der Waals surface area contributed by atoms with Gasteiger partial charge in [-0.05, 0) is 51.8 Å². The number of rotatable bonds is 6. The quantitative estimate of drug-likeness (QED) is 0.821. The third-order valence-electron chi connectivity index (χ3n) is 3.02. The molecule has 1 atom stereocenters. The molecular formula is C14H25N3. The van der Waals surface area contributed by atoms with Crippen LogP contribution in [0.2, 0.25) is 0 Å². The van der Waals surface area contributed by atoms with Crippen LogP contribution in [0.3, 0.4) is 0 Å². The number of hydrogen-bond donors (Lipinski definition) is 1. The SMILES string of the molecule is CC(C)N(CC(N)Cc1ccncc1)C(C)C. The standard InChI is InChI=1S/C14H25N3/c1-11(2)17(12(3)4)10-14(15)9-13-5-7-16-8-6-13/h5-8,11-12,14H,9-10,15H2,1-4H3. The van der Waals surface area contributed by atoms with Crippen molar-refractivity contribution in [3.8, 4) is 0 Å². The zero-order valence-corrected chi connectivity index (χ0v) is 11.4. The van der Waals surface area contributed by atoms with Crippen molar-refractivity contribution in [3.63, 3.8) is 0 Å². The molecule has 0 fully saturated rings. The van der Waals surface area contributed by atoms with Crippen LogP contribution in [0.25, 0.3) is 0 Å². The molecule has 2 N–H and O–H groups in total. The second kappa shape index (κ2) is 6.72. The molecule has 0 aliphatic heterocycles. The molecule has 3 heteroatoms. The molecule has 17 heavy (non-hydrogen) atoms. The van der Waals surface area contributed by atoms with E-state index in [9.17, 15) is 0 Å². The van der Waals surface area contributed by atoms with Crippen LogP contribution in [-0.2, 0) is 6.42 Å². The lowest BCUT2D eigenvalue weighted by Gasteiger charge is -2.32. The van der Waals surface area contributed by atoms with Gasteiger partial charge in [0.15, 0.2) is 0 Å². The molecule has 1 rings (SSSR count). The summed E-state index contributed by atoms with van der Waals surface area (Å²) in [5.41, 5.74) is 7.48. The zero-order chi connectivity index (χ0) is 12.8. The Morgan fingerprint density at radius 3 is 2.12 bits per heavy atom. The summed E-state index contributed by atoms with van der Waals surface area (Å²) in [4.78, 5) is 6.46. The van der Waals surface area contributed by atoms with Crippen LogP contribution in [-0.4, -0.2) is 34.6 Å². The number of aromatic nitrogens is 1. The molecule has 96 valence electrons. The molecule has 0 amide bonds. The highest BCUT2D eigenvalue weighted by Gasteiger charge is 2.16. The molecule has 0 saturated heterocycles. The summed E-state index contributed by atoms with van der Waals surface area (Å²) in [5, 5.41) is 0. The van der Waals surface area contributed by atoms with E-state index in [0.29, 0.717) is 12.1 Å². The predicted octanol–water partition coefficient (Wildman–Crippen LogP) is 2.07. The normalized spacial score (nSPS) is 13.6. The second-order valence-corrected chi connectivity index (χ2v) is 5.20. The molecule has 1 aromatic heterocycles. The van der Waals surface area contributed by atoms with Crippen molar-refractivity contribution in [2.75, 3.05) is 6.54 Å². The van der Waals surface area contributed by atoms with Gasteiger partial charge in [-0.1, -0.05) is 0 Å². The maximum absolute atomic E-state index is 6.22. The molecule has 3 nitrogen and oxygen atoms in total. The first-order chi connectivity index (χ1) is 8.00. The Kier molecular flexibility index (Phi) is 5.59. The fourth-order valence-corrected chi connectivity index (χ4v) is 2.17. The van der Waals surface area contributed by atoms with Crippen LogP contribution in [0.4, 0.5) is 0 Å². The van der Waals surface area contributed by atoms with E-state index in [2.05, 4.69) is 37.6 Å². The first kappa shape index (κ1) is 14.1. The maximum Gasteiger partial charge on any atom is 0.0270 e. The molecule has 1 heterocycles. The zero-order valence-electron chi connectivity index (χ0n) is 11.4. The van der Waals surface area contributed by atoms with E-state index < -0.39 is 0 Å². The van der Waals surface area contributed by atoms with Crippen molar-refractivity contribution >= 4 is 0 Å². The smallest absolute Gasteiger partial charge is 0.0270 e. The molecule has 0 radical (unpaired) electrons. The van der Waals surface area contributed by atoms with Crippen LogP contribution in [0.5, 0.6) is 0 Å². The average Bonchev–Trinajstić information content (AvgIpc) is 2.26. The van der Waals surface area contributed by atoms with E-state index in [1.807, 2.05) is 24.5 Å². The van der Waals surface area contributed by atoms with Gasteiger partial charge in [0.2, 0.25) is 0 Å². The van der Waals surface area contributed by atoms with Crippen molar-refractivity contribution in [2.24, 2.45) is 5.73 Å². The van der Waals surface area contributed by atoms with Crippen molar-refractivity contribution in [2.45, 2.75) is 52.2 Å². The van der Waals surface area contributed by atoms with Gasteiger partial charge in [-0.3, -0.25) is 9.88 Å². The van der Waals surface area contributed by atoms with E-state index in [0.717, 1.165) is 13.0 Å². The number of nitrogens with two attached hydrogens (primary N) is 1. The number of hydrogen-bond acceptors (Lipinski definition) is 3. The lowest BCUT2D eigenvalue weighted by atomic mass is 10.1. The number of nitrogens with zero attached hydrogens (tertiary/aromatic N) is 2. The summed E-state index contributed by atoms with van der Waals surface area (Å²) < 4.78 is 0. The van der Waals surface area contributed by atoms with Crippen LogP contribution >= 0.6 is 0 Å². The van der Waals surface area contributed by atoms with Gasteiger partial charge in [-0.2, -0.15) is 0 Å². The fourth-order valence-electron chi connectivity index (χ4n) is 2.17. The van der Waals surface area contributed by atoms with Crippen LogP contribution < -0.4 is 5.73 Å². The molecule has 1 aromatic rings. The Balaban J connectivity index is 2.51. The van der Waals surface area contributed by atoms with Crippen LogP contribution in [0.1, 0.15) is 33.3 Å². The van der Waals surface area contributed by atoms with Gasteiger partial charge in [-0.25, -0.2) is 0 Å². The first-order valence-corrected chi connectivity index (χ1v) is 6.41. The predicted molar refractivity (Wildman–Crippen MR) is 72.9 cm³/mol. The number of pyridine rings is 1. The van der Waals surface area contributed by atoms with Gasteiger partial charge >= 0.3 is 0 Å². The largest absolute Gasteiger partial charge is 0.326 e. The first-order valence-electron chi connectivity index (χ1n) is 6.41. The minimum absolute atomic E-state index is 0.183. The summed E-state index contributed by atoms with van der Waals surface area (Å²) >= 11 is 0. The highest BCUT2D eigenvalue weighted by atomic mass is 15.2. The highest BCUT2D eigenvalue weighted by Crippen LogP contribution is 2.08. The summed E-state index contributed by atoms with van der Waals surface area (Å²) in [5.74, 6) is 0. The van der Waals surface area contributed by atoms with E-state index in [1.54, 1.807) is 0 Å². The Morgan fingerprint density at radius 2 is 1.65 bits per heavy atom. The Bertz CT molecular complexity index is 301. The molecule has 0 saturated carbocycles. The molecular weight excluding hydrogens is 210 g/mol. The van der Waals surface area contributed by atoms with E-state index in [-0.39, 0.29) is 6.04 Å². The third kappa shape index (κ3) is 4.84. The molecule has 0 aliphatic rings. The molecule has 0 aliphatic carbocycles. The summed E-state index contributed by atoms with van der Waals surface area (Å²) in [7, 11) is 0. The Labute approximate surface area is 105 Å². The van der Waals surface area contributed by atoms with Gasteiger partial charge in [-0.15, -0.1) is 0 Å². The van der Waals surface area contributed by atoms with Crippen molar-refractivity contribution in [3.05, 3.63) is 30.1 Å².